The fraction of sp³-hybridized carbons (Fsp3) is 0.409. The zero-order chi connectivity index (χ0) is 17.8. The van der Waals surface area contributed by atoms with Crippen LogP contribution < -0.4 is 5.32 Å². The number of nitrogens with one attached hydrogen (secondary N) is 1. The molecule has 2 aromatic carbocycles. The number of ether oxygens (including phenoxy) is 2. The normalized spacial score (nSPS) is 20.0. The number of para-hydroxylation sites is 1. The molecule has 26 heavy (non-hydrogen) atoms. The Morgan fingerprint density at radius 3 is 2.58 bits per heavy atom. The second kappa shape index (κ2) is 7.60. The maximum atomic E-state index is 5.65. The van der Waals surface area contributed by atoms with E-state index in [4.69, 9.17) is 14.5 Å². The number of benzene rings is 2. The first-order chi connectivity index (χ1) is 12.8. The lowest BCUT2D eigenvalue weighted by molar-refractivity contribution is 0.0448. The summed E-state index contributed by atoms with van der Waals surface area (Å²) in [6.07, 6.45) is 3.08. The molecule has 0 unspecified atom stereocenters. The Balaban J connectivity index is 1.65. The van der Waals surface area contributed by atoms with Gasteiger partial charge in [0.2, 0.25) is 0 Å². The van der Waals surface area contributed by atoms with E-state index in [2.05, 4.69) is 53.8 Å². The fourth-order valence-corrected chi connectivity index (χ4v) is 4.06. The lowest BCUT2D eigenvalue weighted by Gasteiger charge is -2.42. The second-order valence-corrected chi connectivity index (χ2v) is 7.22. The largest absolute Gasteiger partial charge is 0.381 e. The molecule has 136 valence electrons. The van der Waals surface area contributed by atoms with Crippen molar-refractivity contribution in [3.05, 3.63) is 65.2 Å². The summed E-state index contributed by atoms with van der Waals surface area (Å²) in [5.41, 5.74) is 5.07. The highest BCUT2D eigenvalue weighted by atomic mass is 16.5. The molecular weight excluding hydrogens is 324 g/mol. The highest BCUT2D eigenvalue weighted by Crippen LogP contribution is 2.41. The molecule has 1 fully saturated rings. The molecule has 0 aliphatic carbocycles. The number of hydrogen-bond donors (Lipinski definition) is 1. The van der Waals surface area contributed by atoms with Crippen molar-refractivity contribution in [2.75, 3.05) is 25.6 Å². The van der Waals surface area contributed by atoms with Crippen LogP contribution in [-0.2, 0) is 29.0 Å². The first-order valence-corrected chi connectivity index (χ1v) is 9.34. The molecule has 2 aliphatic rings. The van der Waals surface area contributed by atoms with Gasteiger partial charge in [0.25, 0.3) is 0 Å². The molecule has 4 rings (SSSR count). The summed E-state index contributed by atoms with van der Waals surface area (Å²) in [6, 6.07) is 17.0. The third-order valence-corrected chi connectivity index (χ3v) is 5.58. The average Bonchev–Trinajstić information content (AvgIpc) is 2.68. The fourth-order valence-electron chi connectivity index (χ4n) is 4.06. The van der Waals surface area contributed by atoms with E-state index in [1.807, 2.05) is 0 Å². The van der Waals surface area contributed by atoms with E-state index >= 15 is 0 Å². The molecule has 0 radical (unpaired) electrons. The predicted molar refractivity (Wildman–Crippen MR) is 105 cm³/mol. The van der Waals surface area contributed by atoms with Crippen molar-refractivity contribution in [2.45, 2.75) is 32.4 Å². The van der Waals surface area contributed by atoms with Crippen LogP contribution in [0.2, 0.25) is 0 Å². The Morgan fingerprint density at radius 1 is 1.04 bits per heavy atom. The molecule has 2 heterocycles. The molecule has 0 bridgehead atoms. The van der Waals surface area contributed by atoms with Crippen LogP contribution in [0, 0.1) is 5.41 Å². The quantitative estimate of drug-likeness (QED) is 0.899. The minimum Gasteiger partial charge on any atom is -0.381 e. The third-order valence-electron chi connectivity index (χ3n) is 5.58. The number of hydrogen-bond acceptors (Lipinski definition) is 3. The standard InChI is InChI=1S/C22H26N2O2/c1-25-16-19-8-3-2-7-18(19)15-23-21-22(10-12-26-13-11-22)14-17-6-4-5-9-20(17)24-21/h2-9H,10-16H2,1H3,(H,23,24). The van der Waals surface area contributed by atoms with Gasteiger partial charge in [0.1, 0.15) is 5.84 Å². The summed E-state index contributed by atoms with van der Waals surface area (Å²) in [4.78, 5) is 5.07. The van der Waals surface area contributed by atoms with E-state index in [0.717, 1.165) is 38.3 Å². The number of methoxy groups -OCH3 is 1. The van der Waals surface area contributed by atoms with Gasteiger partial charge in [-0.2, -0.15) is 0 Å². The number of nitrogens with zero attached hydrogens (tertiary/aromatic N) is 1. The summed E-state index contributed by atoms with van der Waals surface area (Å²) < 4.78 is 11.0. The summed E-state index contributed by atoms with van der Waals surface area (Å²) in [5.74, 6) is 1.12. The van der Waals surface area contributed by atoms with Crippen molar-refractivity contribution in [1.29, 1.82) is 0 Å². The van der Waals surface area contributed by atoms with Crippen molar-refractivity contribution in [2.24, 2.45) is 10.4 Å². The monoisotopic (exact) mass is 350 g/mol. The molecule has 0 atom stereocenters. The number of rotatable bonds is 4. The Kier molecular flexibility index (Phi) is 5.05. The van der Waals surface area contributed by atoms with Crippen LogP contribution in [0.25, 0.3) is 0 Å². The Morgan fingerprint density at radius 2 is 1.77 bits per heavy atom. The minimum absolute atomic E-state index is 0.0722. The van der Waals surface area contributed by atoms with Gasteiger partial charge in [-0.1, -0.05) is 42.5 Å². The third kappa shape index (κ3) is 3.39. The molecule has 4 nitrogen and oxygen atoms in total. The van der Waals surface area contributed by atoms with Crippen molar-refractivity contribution in [3.63, 3.8) is 0 Å². The molecule has 1 N–H and O–H groups in total. The lowest BCUT2D eigenvalue weighted by atomic mass is 9.71. The maximum Gasteiger partial charge on any atom is 0.108 e. The van der Waals surface area contributed by atoms with Crippen molar-refractivity contribution in [1.82, 2.24) is 0 Å². The average molecular weight is 350 g/mol. The van der Waals surface area contributed by atoms with Gasteiger partial charge in [-0.15, -0.1) is 0 Å². The van der Waals surface area contributed by atoms with Gasteiger partial charge in [0.05, 0.1) is 13.2 Å². The van der Waals surface area contributed by atoms with Gasteiger partial charge in [-0.3, -0.25) is 4.99 Å². The Bertz CT molecular complexity index is 794. The van der Waals surface area contributed by atoms with Crippen molar-refractivity contribution in [3.8, 4) is 0 Å². The van der Waals surface area contributed by atoms with E-state index in [9.17, 15) is 0 Å². The summed E-state index contributed by atoms with van der Waals surface area (Å²) in [5, 5.41) is 3.64. The van der Waals surface area contributed by atoms with Crippen LogP contribution >= 0.6 is 0 Å². The van der Waals surface area contributed by atoms with E-state index in [-0.39, 0.29) is 5.41 Å². The maximum absolute atomic E-state index is 5.65. The molecule has 1 spiro atoms. The highest BCUT2D eigenvalue weighted by molar-refractivity contribution is 6.02. The van der Waals surface area contributed by atoms with Crippen LogP contribution in [-0.4, -0.2) is 26.2 Å². The summed E-state index contributed by atoms with van der Waals surface area (Å²) in [7, 11) is 1.74. The SMILES string of the molecule is COCc1ccccc1CN=C1Nc2ccccc2CC12CCOCC2. The number of aliphatic imine (C=N–C) groups is 1. The number of fused-ring (bicyclic) bond motifs is 1. The van der Waals surface area contributed by atoms with Crippen LogP contribution in [0.3, 0.4) is 0 Å². The Labute approximate surface area is 155 Å². The molecule has 2 aromatic rings. The van der Waals surface area contributed by atoms with E-state index in [1.165, 1.54) is 22.4 Å². The van der Waals surface area contributed by atoms with Crippen LogP contribution in [0.5, 0.6) is 0 Å². The molecule has 2 aliphatic heterocycles. The van der Waals surface area contributed by atoms with E-state index in [0.29, 0.717) is 13.2 Å². The Hall–Kier alpha value is -2.17. The summed E-state index contributed by atoms with van der Waals surface area (Å²) >= 11 is 0. The molecule has 0 saturated carbocycles. The number of amidine groups is 1. The molecule has 0 amide bonds. The summed E-state index contributed by atoms with van der Waals surface area (Å²) in [6.45, 7) is 2.91. The molecule has 4 heteroatoms. The molecule has 0 aromatic heterocycles. The van der Waals surface area contributed by atoms with E-state index < -0.39 is 0 Å². The first-order valence-electron chi connectivity index (χ1n) is 9.34. The van der Waals surface area contributed by atoms with Crippen LogP contribution in [0.1, 0.15) is 29.5 Å². The van der Waals surface area contributed by atoms with Crippen molar-refractivity contribution < 1.29 is 9.47 Å². The van der Waals surface area contributed by atoms with Gasteiger partial charge in [-0.05, 0) is 42.0 Å². The van der Waals surface area contributed by atoms with Crippen molar-refractivity contribution >= 4 is 11.5 Å². The predicted octanol–water partition coefficient (Wildman–Crippen LogP) is 4.20. The smallest absolute Gasteiger partial charge is 0.108 e. The van der Waals surface area contributed by atoms with Gasteiger partial charge in [0.15, 0.2) is 0 Å². The minimum atomic E-state index is 0.0722. The van der Waals surface area contributed by atoms with Gasteiger partial charge < -0.3 is 14.8 Å². The zero-order valence-corrected chi connectivity index (χ0v) is 15.3. The molecular formula is C22H26N2O2. The van der Waals surface area contributed by atoms with Gasteiger partial charge >= 0.3 is 0 Å². The van der Waals surface area contributed by atoms with Gasteiger partial charge in [-0.25, -0.2) is 0 Å². The van der Waals surface area contributed by atoms with Crippen LogP contribution in [0.15, 0.2) is 53.5 Å². The van der Waals surface area contributed by atoms with E-state index in [1.54, 1.807) is 7.11 Å². The highest BCUT2D eigenvalue weighted by Gasteiger charge is 2.41. The lowest BCUT2D eigenvalue weighted by Crippen LogP contribution is -2.45. The molecule has 1 saturated heterocycles. The first kappa shape index (κ1) is 17.3. The topological polar surface area (TPSA) is 42.8 Å². The second-order valence-electron chi connectivity index (χ2n) is 7.22. The van der Waals surface area contributed by atoms with Gasteiger partial charge in [0, 0.05) is 31.4 Å². The zero-order valence-electron chi connectivity index (χ0n) is 15.3. The number of anilines is 1. The van der Waals surface area contributed by atoms with Crippen LogP contribution in [0.4, 0.5) is 5.69 Å².